The topological polar surface area (TPSA) is 44.8 Å². The van der Waals surface area contributed by atoms with Crippen LogP contribution in [0.4, 0.5) is 0 Å². The number of nitrogens with one attached hydrogen (secondary N) is 1. The zero-order chi connectivity index (χ0) is 13.5. The average Bonchev–Trinajstić information content (AvgIpc) is 2.31. The van der Waals surface area contributed by atoms with Gasteiger partial charge in [-0.25, -0.2) is 0 Å². The summed E-state index contributed by atoms with van der Waals surface area (Å²) in [6.45, 7) is 5.44. The minimum absolute atomic E-state index is 0.189. The van der Waals surface area contributed by atoms with E-state index in [0.717, 1.165) is 32.5 Å². The van der Waals surface area contributed by atoms with Gasteiger partial charge in [0, 0.05) is 46.4 Å². The molecule has 1 saturated heterocycles. The second kappa shape index (κ2) is 7.71. The van der Waals surface area contributed by atoms with Crippen LogP contribution in [-0.2, 0) is 9.53 Å². The number of methoxy groups -OCH3 is 1. The van der Waals surface area contributed by atoms with E-state index in [1.54, 1.807) is 12.0 Å². The molecule has 5 nitrogen and oxygen atoms in total. The van der Waals surface area contributed by atoms with Crippen molar-refractivity contribution in [3.63, 3.8) is 0 Å². The first-order valence-electron chi connectivity index (χ1n) is 6.70. The monoisotopic (exact) mass is 257 g/mol. The first-order chi connectivity index (χ1) is 8.52. The lowest BCUT2D eigenvalue weighted by atomic mass is 10.0. The molecular weight excluding hydrogens is 230 g/mol. The van der Waals surface area contributed by atoms with Crippen LogP contribution in [0.2, 0.25) is 0 Å². The van der Waals surface area contributed by atoms with E-state index in [1.807, 2.05) is 14.1 Å². The van der Waals surface area contributed by atoms with E-state index in [1.165, 1.54) is 0 Å². The fraction of sp³-hybridized carbons (Fsp3) is 0.923. The Bertz CT molecular complexity index is 251. The molecule has 5 heteroatoms. The fourth-order valence-electron chi connectivity index (χ4n) is 2.29. The van der Waals surface area contributed by atoms with E-state index in [-0.39, 0.29) is 5.91 Å². The third kappa shape index (κ3) is 5.33. The number of hydrogen-bond acceptors (Lipinski definition) is 4. The van der Waals surface area contributed by atoms with Crippen LogP contribution in [0.3, 0.4) is 0 Å². The van der Waals surface area contributed by atoms with Gasteiger partial charge >= 0.3 is 0 Å². The van der Waals surface area contributed by atoms with E-state index in [0.29, 0.717) is 18.6 Å². The highest BCUT2D eigenvalue weighted by molar-refractivity contribution is 5.77. The molecule has 0 aromatic heterocycles. The van der Waals surface area contributed by atoms with Crippen LogP contribution in [0.15, 0.2) is 0 Å². The number of nitrogens with zero attached hydrogens (tertiary/aromatic N) is 2. The molecule has 1 N–H and O–H groups in total. The third-order valence-electron chi connectivity index (χ3n) is 3.38. The van der Waals surface area contributed by atoms with Gasteiger partial charge in [-0.3, -0.25) is 9.69 Å². The van der Waals surface area contributed by atoms with Gasteiger partial charge in [0.15, 0.2) is 0 Å². The minimum Gasteiger partial charge on any atom is -0.383 e. The predicted octanol–water partition coefficient (Wildman–Crippen LogP) is 0.164. The van der Waals surface area contributed by atoms with Gasteiger partial charge in [0.25, 0.3) is 0 Å². The molecule has 106 valence electrons. The lowest BCUT2D eigenvalue weighted by Crippen LogP contribution is -2.48. The Morgan fingerprint density at radius 2 is 2.06 bits per heavy atom. The molecule has 0 aromatic carbocycles. The van der Waals surface area contributed by atoms with E-state index in [2.05, 4.69) is 17.1 Å². The highest BCUT2D eigenvalue weighted by atomic mass is 16.5. The van der Waals surface area contributed by atoms with Crippen LogP contribution < -0.4 is 5.32 Å². The van der Waals surface area contributed by atoms with Crippen molar-refractivity contribution in [1.82, 2.24) is 15.1 Å². The van der Waals surface area contributed by atoms with Crippen LogP contribution >= 0.6 is 0 Å². The maximum Gasteiger partial charge on any atom is 0.236 e. The van der Waals surface area contributed by atoms with Crippen molar-refractivity contribution < 1.29 is 9.53 Å². The number of ether oxygens (including phenoxy) is 1. The van der Waals surface area contributed by atoms with Gasteiger partial charge in [0.1, 0.15) is 0 Å². The second-order valence-corrected chi connectivity index (χ2v) is 5.36. The number of amides is 1. The predicted molar refractivity (Wildman–Crippen MR) is 72.6 cm³/mol. The van der Waals surface area contributed by atoms with Crippen molar-refractivity contribution >= 4 is 5.91 Å². The normalized spacial score (nSPS) is 19.8. The number of rotatable bonds is 6. The number of hydrogen-bond donors (Lipinski definition) is 1. The van der Waals surface area contributed by atoms with Crippen LogP contribution in [-0.4, -0.2) is 75.2 Å². The van der Waals surface area contributed by atoms with Gasteiger partial charge in [-0.2, -0.15) is 0 Å². The highest BCUT2D eigenvalue weighted by Crippen LogP contribution is 2.11. The molecule has 0 spiro atoms. The fourth-order valence-corrected chi connectivity index (χ4v) is 2.29. The molecule has 1 rings (SSSR count). The summed E-state index contributed by atoms with van der Waals surface area (Å²) in [5.74, 6) is 0.189. The summed E-state index contributed by atoms with van der Waals surface area (Å²) in [7, 11) is 5.35. The molecule has 0 saturated carbocycles. The molecule has 1 aliphatic rings. The van der Waals surface area contributed by atoms with Crippen LogP contribution in [0.5, 0.6) is 0 Å². The van der Waals surface area contributed by atoms with E-state index < -0.39 is 0 Å². The van der Waals surface area contributed by atoms with Gasteiger partial charge in [-0.15, -0.1) is 0 Å². The Morgan fingerprint density at radius 3 is 2.56 bits per heavy atom. The number of carbonyl (C=O) groups excluding carboxylic acids is 1. The van der Waals surface area contributed by atoms with Gasteiger partial charge in [-0.1, -0.05) is 0 Å². The highest BCUT2D eigenvalue weighted by Gasteiger charge is 2.22. The smallest absolute Gasteiger partial charge is 0.236 e. The summed E-state index contributed by atoms with van der Waals surface area (Å²) in [6.07, 6.45) is 2.21. The van der Waals surface area contributed by atoms with Gasteiger partial charge in [0.05, 0.1) is 13.2 Å². The SMILES string of the molecule is COCC(C)NC1CCN(CC(=O)N(C)C)CC1. The molecule has 1 amide bonds. The number of likely N-dealkylation sites (N-methyl/N-ethyl adjacent to an activating group) is 1. The largest absolute Gasteiger partial charge is 0.383 e. The van der Waals surface area contributed by atoms with Gasteiger partial charge in [0.2, 0.25) is 5.91 Å². The zero-order valence-corrected chi connectivity index (χ0v) is 12.1. The molecule has 1 heterocycles. The summed E-state index contributed by atoms with van der Waals surface area (Å²) in [5.41, 5.74) is 0. The molecule has 1 atom stereocenters. The Kier molecular flexibility index (Phi) is 6.60. The summed E-state index contributed by atoms with van der Waals surface area (Å²) < 4.78 is 5.12. The lowest BCUT2D eigenvalue weighted by molar-refractivity contribution is -0.130. The summed E-state index contributed by atoms with van der Waals surface area (Å²) in [5, 5.41) is 3.57. The first-order valence-corrected chi connectivity index (χ1v) is 6.70. The van der Waals surface area contributed by atoms with Gasteiger partial charge in [-0.05, 0) is 19.8 Å². The number of likely N-dealkylation sites (tertiary alicyclic amines) is 1. The molecule has 1 unspecified atom stereocenters. The molecule has 0 radical (unpaired) electrons. The van der Waals surface area contributed by atoms with Crippen LogP contribution in [0.25, 0.3) is 0 Å². The summed E-state index contributed by atoms with van der Waals surface area (Å²) >= 11 is 0. The van der Waals surface area contributed by atoms with Crippen molar-refractivity contribution in [2.75, 3.05) is 47.4 Å². The second-order valence-electron chi connectivity index (χ2n) is 5.36. The van der Waals surface area contributed by atoms with Crippen molar-refractivity contribution in [3.8, 4) is 0 Å². The third-order valence-corrected chi connectivity index (χ3v) is 3.38. The van der Waals surface area contributed by atoms with E-state index >= 15 is 0 Å². The minimum atomic E-state index is 0.189. The molecule has 1 fully saturated rings. The van der Waals surface area contributed by atoms with Crippen molar-refractivity contribution in [2.45, 2.75) is 31.8 Å². The molecule has 0 bridgehead atoms. The molecule has 18 heavy (non-hydrogen) atoms. The van der Waals surface area contributed by atoms with Crippen LogP contribution in [0, 0.1) is 0 Å². The summed E-state index contributed by atoms with van der Waals surface area (Å²) in [4.78, 5) is 15.5. The Morgan fingerprint density at radius 1 is 1.44 bits per heavy atom. The Hall–Kier alpha value is -0.650. The quantitative estimate of drug-likeness (QED) is 0.736. The van der Waals surface area contributed by atoms with Crippen molar-refractivity contribution in [2.24, 2.45) is 0 Å². The number of piperidine rings is 1. The standard InChI is InChI=1S/C13H27N3O2/c1-11(10-18-4)14-12-5-7-16(8-6-12)9-13(17)15(2)3/h11-12,14H,5-10H2,1-4H3. The van der Waals surface area contributed by atoms with Crippen molar-refractivity contribution in [3.05, 3.63) is 0 Å². The molecule has 1 aliphatic heterocycles. The Labute approximate surface area is 110 Å². The molecule has 0 aliphatic carbocycles. The van der Waals surface area contributed by atoms with Gasteiger partial charge < -0.3 is 15.0 Å². The van der Waals surface area contributed by atoms with E-state index in [9.17, 15) is 4.79 Å². The maximum absolute atomic E-state index is 11.6. The van der Waals surface area contributed by atoms with Crippen LogP contribution in [0.1, 0.15) is 19.8 Å². The average molecular weight is 257 g/mol. The zero-order valence-electron chi connectivity index (χ0n) is 12.1. The Balaban J connectivity index is 2.22. The number of carbonyl (C=O) groups is 1. The van der Waals surface area contributed by atoms with Crippen molar-refractivity contribution in [1.29, 1.82) is 0 Å². The maximum atomic E-state index is 11.6. The lowest BCUT2D eigenvalue weighted by Gasteiger charge is -2.33. The van der Waals surface area contributed by atoms with E-state index in [4.69, 9.17) is 4.74 Å². The molecule has 0 aromatic rings. The first kappa shape index (κ1) is 15.4. The molecular formula is C13H27N3O2. The summed E-state index contributed by atoms with van der Waals surface area (Å²) in [6, 6.07) is 0.954.